The van der Waals surface area contributed by atoms with E-state index in [1.807, 2.05) is 37.3 Å². The van der Waals surface area contributed by atoms with E-state index in [2.05, 4.69) is 42.1 Å². The molecule has 1 atom stereocenters. The number of imidazole rings is 1. The third-order valence-corrected chi connectivity index (χ3v) is 7.29. The highest BCUT2D eigenvalue weighted by atomic mass is 32.2. The van der Waals surface area contributed by atoms with Crippen molar-refractivity contribution in [1.82, 2.24) is 33.8 Å². The first kappa shape index (κ1) is 21.4. The van der Waals surface area contributed by atoms with Crippen molar-refractivity contribution in [2.24, 2.45) is 0 Å². The molecule has 0 spiro atoms. The summed E-state index contributed by atoms with van der Waals surface area (Å²) in [5.74, 6) is 1.80. The fourth-order valence-corrected chi connectivity index (χ4v) is 5.75. The van der Waals surface area contributed by atoms with Crippen LogP contribution >= 0.6 is 23.3 Å². The van der Waals surface area contributed by atoms with Gasteiger partial charge in [0.2, 0.25) is 0 Å². The molecule has 168 valence electrons. The minimum absolute atomic E-state index is 0.361. The summed E-state index contributed by atoms with van der Waals surface area (Å²) in [4.78, 5) is 12.0. The zero-order valence-electron chi connectivity index (χ0n) is 18.4. The molecule has 1 unspecified atom stereocenters. The van der Waals surface area contributed by atoms with Crippen LogP contribution in [0.2, 0.25) is 0 Å². The summed E-state index contributed by atoms with van der Waals surface area (Å²) in [6.07, 6.45) is 15.0. The highest BCUT2D eigenvalue weighted by molar-refractivity contribution is 7.98. The lowest BCUT2D eigenvalue weighted by Crippen LogP contribution is -2.31. The summed E-state index contributed by atoms with van der Waals surface area (Å²) in [5, 5.41) is 11.4. The number of nitrogens with one attached hydrogen (secondary N) is 2. The van der Waals surface area contributed by atoms with Gasteiger partial charge in [-0.05, 0) is 56.7 Å². The summed E-state index contributed by atoms with van der Waals surface area (Å²) >= 11 is 3.39. The Morgan fingerprint density at radius 1 is 1.22 bits per heavy atom. The molecule has 0 saturated carbocycles. The van der Waals surface area contributed by atoms with Gasteiger partial charge in [0.25, 0.3) is 0 Å². The Labute approximate surface area is 196 Å². The molecular weight excluding hydrogens is 440 g/mol. The van der Waals surface area contributed by atoms with E-state index in [0.717, 1.165) is 58.0 Å². The molecule has 1 aliphatic heterocycles. The van der Waals surface area contributed by atoms with E-state index in [4.69, 9.17) is 9.36 Å². The average molecular weight is 469 g/mol. The molecule has 1 fully saturated rings. The molecule has 4 aromatic heterocycles. The Bertz CT molecular complexity index is 1160. The highest BCUT2D eigenvalue weighted by Gasteiger charge is 2.24. The van der Waals surface area contributed by atoms with Crippen LogP contribution in [0.1, 0.15) is 43.1 Å². The van der Waals surface area contributed by atoms with Crippen molar-refractivity contribution in [3.63, 3.8) is 0 Å². The smallest absolute Gasteiger partial charge is 0.180 e. The Morgan fingerprint density at radius 3 is 2.81 bits per heavy atom. The van der Waals surface area contributed by atoms with Gasteiger partial charge in [0, 0.05) is 23.7 Å². The molecule has 1 aliphatic rings. The van der Waals surface area contributed by atoms with Gasteiger partial charge in [-0.15, -0.1) is 0 Å². The third-order valence-electron chi connectivity index (χ3n) is 5.92. The topological polar surface area (TPSA) is 87.0 Å². The van der Waals surface area contributed by atoms with E-state index in [0.29, 0.717) is 6.04 Å². The van der Waals surface area contributed by atoms with Crippen LogP contribution in [-0.2, 0) is 0 Å². The van der Waals surface area contributed by atoms with Gasteiger partial charge >= 0.3 is 0 Å². The molecule has 0 amide bonds. The Morgan fingerprint density at radius 2 is 2.06 bits per heavy atom. The van der Waals surface area contributed by atoms with Gasteiger partial charge in [-0.3, -0.25) is 14.4 Å². The van der Waals surface area contributed by atoms with Crippen LogP contribution in [0.15, 0.2) is 30.9 Å². The van der Waals surface area contributed by atoms with Gasteiger partial charge in [-0.1, -0.05) is 12.8 Å². The standard InChI is InChI=1S/C22H28N8S2/c1-15-13-30-18(16-10-24-25-11-16)12-23-22(30)21(26-15)27-20-9-17(28-32-20)19(14-31-2)29-7-5-3-4-6-8-29/h9-13,19H,3-8,14H2,1-2H3,(H,24,25)(H,26,27). The van der Waals surface area contributed by atoms with Gasteiger partial charge in [0.1, 0.15) is 5.00 Å². The summed E-state index contributed by atoms with van der Waals surface area (Å²) in [6.45, 7) is 4.32. The van der Waals surface area contributed by atoms with Crippen molar-refractivity contribution in [2.45, 2.75) is 38.6 Å². The molecular formula is C22H28N8S2. The van der Waals surface area contributed by atoms with Crippen molar-refractivity contribution in [1.29, 1.82) is 0 Å². The van der Waals surface area contributed by atoms with Crippen LogP contribution in [0.4, 0.5) is 10.8 Å². The second-order valence-electron chi connectivity index (χ2n) is 8.22. The first-order valence-corrected chi connectivity index (χ1v) is 13.2. The molecule has 0 aromatic carbocycles. The number of hydrogen-bond donors (Lipinski definition) is 2. The number of fused-ring (bicyclic) bond motifs is 1. The first-order chi connectivity index (χ1) is 15.7. The number of H-pyrrole nitrogens is 1. The van der Waals surface area contributed by atoms with Crippen LogP contribution in [0, 0.1) is 6.92 Å². The predicted octanol–water partition coefficient (Wildman–Crippen LogP) is 4.91. The molecule has 0 bridgehead atoms. The van der Waals surface area contributed by atoms with Crippen LogP contribution in [0.25, 0.3) is 16.9 Å². The normalized spacial score (nSPS) is 16.3. The average Bonchev–Trinajstić information content (AvgIpc) is 3.50. The third kappa shape index (κ3) is 4.39. The Balaban J connectivity index is 1.42. The van der Waals surface area contributed by atoms with Crippen molar-refractivity contribution < 1.29 is 0 Å². The number of aromatic amines is 1. The van der Waals surface area contributed by atoms with E-state index in [1.54, 1.807) is 6.20 Å². The van der Waals surface area contributed by atoms with Gasteiger partial charge in [-0.2, -0.15) is 21.2 Å². The number of nitrogens with zero attached hydrogens (tertiary/aromatic N) is 6. The lowest BCUT2D eigenvalue weighted by Gasteiger charge is -2.28. The van der Waals surface area contributed by atoms with E-state index >= 15 is 0 Å². The Hall–Kier alpha value is -2.43. The van der Waals surface area contributed by atoms with Gasteiger partial charge in [0.15, 0.2) is 11.5 Å². The zero-order chi connectivity index (χ0) is 21.9. The molecule has 0 aliphatic carbocycles. The lowest BCUT2D eigenvalue weighted by molar-refractivity contribution is 0.220. The van der Waals surface area contributed by atoms with Crippen LogP contribution in [0.3, 0.4) is 0 Å². The molecule has 5 heterocycles. The second-order valence-corrected chi connectivity index (χ2v) is 9.93. The quantitative estimate of drug-likeness (QED) is 0.398. The maximum atomic E-state index is 4.84. The number of thioether (sulfide) groups is 1. The maximum absolute atomic E-state index is 4.84. The molecule has 32 heavy (non-hydrogen) atoms. The fraction of sp³-hybridized carbons (Fsp3) is 0.455. The molecule has 5 rings (SSSR count). The number of rotatable bonds is 7. The first-order valence-electron chi connectivity index (χ1n) is 11.0. The SMILES string of the molecule is CSCC(c1cc(Nc2nc(C)cn3c(-c4cn[nH]c4)cnc23)sn1)N1CCCCCC1. The number of hydrogen-bond acceptors (Lipinski definition) is 8. The summed E-state index contributed by atoms with van der Waals surface area (Å²) in [6, 6.07) is 2.55. The van der Waals surface area contributed by atoms with Crippen molar-refractivity contribution in [2.75, 3.05) is 30.4 Å². The molecule has 2 N–H and O–H groups in total. The Kier molecular flexibility index (Phi) is 6.42. The summed E-state index contributed by atoms with van der Waals surface area (Å²) in [7, 11) is 0. The van der Waals surface area contributed by atoms with Crippen LogP contribution in [0.5, 0.6) is 0 Å². The van der Waals surface area contributed by atoms with Gasteiger partial charge < -0.3 is 5.32 Å². The number of anilines is 2. The van der Waals surface area contributed by atoms with E-state index in [9.17, 15) is 0 Å². The lowest BCUT2D eigenvalue weighted by atomic mass is 10.2. The van der Waals surface area contributed by atoms with Crippen molar-refractivity contribution in [3.05, 3.63) is 42.2 Å². The summed E-state index contributed by atoms with van der Waals surface area (Å²) in [5.41, 5.74) is 4.83. The molecule has 0 radical (unpaired) electrons. The number of aromatic nitrogens is 6. The monoisotopic (exact) mass is 468 g/mol. The van der Waals surface area contributed by atoms with E-state index in [1.165, 1.54) is 37.2 Å². The summed E-state index contributed by atoms with van der Waals surface area (Å²) < 4.78 is 6.90. The molecule has 4 aromatic rings. The molecule has 10 heteroatoms. The number of likely N-dealkylation sites (tertiary alicyclic amines) is 1. The van der Waals surface area contributed by atoms with E-state index in [-0.39, 0.29) is 0 Å². The molecule has 8 nitrogen and oxygen atoms in total. The predicted molar refractivity (Wildman–Crippen MR) is 132 cm³/mol. The zero-order valence-corrected chi connectivity index (χ0v) is 20.0. The largest absolute Gasteiger partial charge is 0.328 e. The van der Waals surface area contributed by atoms with E-state index < -0.39 is 0 Å². The fourth-order valence-electron chi connectivity index (χ4n) is 4.36. The molecule has 1 saturated heterocycles. The number of aryl methyl sites for hydroxylation is 1. The van der Waals surface area contributed by atoms with Gasteiger partial charge in [0.05, 0.1) is 35.5 Å². The van der Waals surface area contributed by atoms with Crippen LogP contribution < -0.4 is 5.32 Å². The van der Waals surface area contributed by atoms with Crippen molar-refractivity contribution in [3.8, 4) is 11.3 Å². The second kappa shape index (κ2) is 9.60. The van der Waals surface area contributed by atoms with Crippen molar-refractivity contribution >= 4 is 39.8 Å². The maximum Gasteiger partial charge on any atom is 0.180 e. The minimum atomic E-state index is 0.361. The minimum Gasteiger partial charge on any atom is -0.328 e. The van der Waals surface area contributed by atoms with Gasteiger partial charge in [-0.25, -0.2) is 9.97 Å². The van der Waals surface area contributed by atoms with Crippen LogP contribution in [-0.4, -0.2) is 58.9 Å². The highest BCUT2D eigenvalue weighted by Crippen LogP contribution is 2.32.